The molecule has 1 fully saturated rings. The Hall–Kier alpha value is -2.56. The summed E-state index contributed by atoms with van der Waals surface area (Å²) < 4.78 is 6.74. The van der Waals surface area contributed by atoms with Gasteiger partial charge in [-0.2, -0.15) is 0 Å². The van der Waals surface area contributed by atoms with E-state index < -0.39 is 5.97 Å². The first-order valence-corrected chi connectivity index (χ1v) is 13.4. The van der Waals surface area contributed by atoms with E-state index in [2.05, 4.69) is 15.5 Å². The Bertz CT molecular complexity index is 1170. The molecule has 34 heavy (non-hydrogen) atoms. The van der Waals surface area contributed by atoms with Crippen LogP contribution in [0.5, 0.6) is 0 Å². The van der Waals surface area contributed by atoms with Crippen molar-refractivity contribution in [3.63, 3.8) is 0 Å². The summed E-state index contributed by atoms with van der Waals surface area (Å²) in [4.78, 5) is 25.5. The minimum absolute atomic E-state index is 0.0710. The number of thioether (sulfide) groups is 1. The van der Waals surface area contributed by atoms with Gasteiger partial charge in [0.05, 0.1) is 12.4 Å². The molecule has 0 radical (unpaired) electrons. The van der Waals surface area contributed by atoms with Crippen LogP contribution in [0.2, 0.25) is 5.02 Å². The van der Waals surface area contributed by atoms with Crippen LogP contribution in [0.15, 0.2) is 34.8 Å². The standard InChI is InChI=1S/C23H26ClN5O3S2/c1-2-32-22(31)19-16(15-10-6-7-11-17(15)24)12-33-21(19)26-18(30)13-34-23-28-27-20(29(23)25)14-8-4-3-5-9-14/h6-7,10-12,14H,2-5,8-9,13,25H2,1H3,(H,26,30). The van der Waals surface area contributed by atoms with Crippen LogP contribution in [0, 0.1) is 0 Å². The summed E-state index contributed by atoms with van der Waals surface area (Å²) in [6, 6.07) is 7.24. The van der Waals surface area contributed by atoms with Crippen LogP contribution in [0.3, 0.4) is 0 Å². The zero-order chi connectivity index (χ0) is 24.1. The van der Waals surface area contributed by atoms with E-state index in [1.54, 1.807) is 18.4 Å². The van der Waals surface area contributed by atoms with Crippen molar-refractivity contribution in [2.75, 3.05) is 23.5 Å². The molecule has 2 heterocycles. The molecular formula is C23H26ClN5O3S2. The highest BCUT2D eigenvalue weighted by atomic mass is 35.5. The fraction of sp³-hybridized carbons (Fsp3) is 0.391. The van der Waals surface area contributed by atoms with Crippen molar-refractivity contribution in [1.29, 1.82) is 0 Å². The number of amides is 1. The Balaban J connectivity index is 1.47. The summed E-state index contributed by atoms with van der Waals surface area (Å²) in [5.74, 6) is 6.58. The van der Waals surface area contributed by atoms with Crippen molar-refractivity contribution in [3.05, 3.63) is 46.1 Å². The summed E-state index contributed by atoms with van der Waals surface area (Å²) in [6.07, 6.45) is 5.70. The number of nitrogens with zero attached hydrogens (tertiary/aromatic N) is 3. The van der Waals surface area contributed by atoms with Crippen LogP contribution in [-0.2, 0) is 9.53 Å². The maximum absolute atomic E-state index is 12.7. The smallest absolute Gasteiger partial charge is 0.341 e. The van der Waals surface area contributed by atoms with E-state index in [1.165, 1.54) is 47.0 Å². The van der Waals surface area contributed by atoms with Crippen LogP contribution >= 0.6 is 34.7 Å². The molecule has 0 atom stereocenters. The van der Waals surface area contributed by atoms with Crippen LogP contribution in [0.25, 0.3) is 11.1 Å². The maximum atomic E-state index is 12.7. The van der Waals surface area contributed by atoms with Crippen LogP contribution in [0.1, 0.15) is 61.1 Å². The first kappa shape index (κ1) is 24.6. The highest BCUT2D eigenvalue weighted by molar-refractivity contribution is 7.99. The number of nitrogens with one attached hydrogen (secondary N) is 1. The predicted molar refractivity (Wildman–Crippen MR) is 136 cm³/mol. The lowest BCUT2D eigenvalue weighted by Crippen LogP contribution is -2.20. The molecule has 11 heteroatoms. The number of carbonyl (C=O) groups excluding carboxylic acids is 2. The SMILES string of the molecule is CCOC(=O)c1c(-c2ccccc2Cl)csc1NC(=O)CSc1nnc(C2CCCCC2)n1N. The minimum Gasteiger partial charge on any atom is -0.462 e. The van der Waals surface area contributed by atoms with Gasteiger partial charge in [0.25, 0.3) is 0 Å². The summed E-state index contributed by atoms with van der Waals surface area (Å²) in [5, 5.41) is 14.5. The molecule has 1 aliphatic rings. The Morgan fingerprint density at radius 2 is 2.00 bits per heavy atom. The van der Waals surface area contributed by atoms with E-state index in [0.29, 0.717) is 37.8 Å². The Morgan fingerprint density at radius 1 is 1.24 bits per heavy atom. The van der Waals surface area contributed by atoms with Crippen molar-refractivity contribution in [2.45, 2.75) is 50.1 Å². The first-order valence-electron chi connectivity index (χ1n) is 11.2. The average Bonchev–Trinajstić information content (AvgIpc) is 3.42. The van der Waals surface area contributed by atoms with Gasteiger partial charge in [0, 0.05) is 27.4 Å². The van der Waals surface area contributed by atoms with Gasteiger partial charge in [-0.15, -0.1) is 21.5 Å². The number of hydrogen-bond acceptors (Lipinski definition) is 8. The second kappa shape index (κ2) is 11.2. The van der Waals surface area contributed by atoms with E-state index in [4.69, 9.17) is 22.2 Å². The van der Waals surface area contributed by atoms with Crippen molar-refractivity contribution in [3.8, 4) is 11.1 Å². The first-order chi connectivity index (χ1) is 16.5. The van der Waals surface area contributed by atoms with E-state index in [0.717, 1.165) is 18.7 Å². The number of halogens is 1. The number of rotatable bonds is 8. The molecule has 1 aliphatic carbocycles. The largest absolute Gasteiger partial charge is 0.462 e. The topological polar surface area (TPSA) is 112 Å². The van der Waals surface area contributed by atoms with Gasteiger partial charge < -0.3 is 15.9 Å². The van der Waals surface area contributed by atoms with Gasteiger partial charge in [-0.1, -0.05) is 60.8 Å². The quantitative estimate of drug-likeness (QED) is 0.235. The van der Waals surface area contributed by atoms with Crippen molar-refractivity contribution < 1.29 is 14.3 Å². The number of ether oxygens (including phenoxy) is 1. The van der Waals surface area contributed by atoms with Crippen LogP contribution in [-0.4, -0.2) is 39.1 Å². The molecule has 0 bridgehead atoms. The number of nitrogens with two attached hydrogens (primary N) is 1. The second-order valence-corrected chi connectivity index (χ2v) is 10.2. The number of aromatic nitrogens is 3. The Kier molecular flexibility index (Phi) is 8.12. The Labute approximate surface area is 211 Å². The zero-order valence-electron chi connectivity index (χ0n) is 18.8. The molecule has 0 aliphatic heterocycles. The zero-order valence-corrected chi connectivity index (χ0v) is 21.1. The predicted octanol–water partition coefficient (Wildman–Crippen LogP) is 5.33. The number of nitrogen functional groups attached to an aromatic ring is 1. The molecule has 1 aromatic carbocycles. The molecule has 8 nitrogen and oxygen atoms in total. The van der Waals surface area contributed by atoms with E-state index >= 15 is 0 Å². The number of carbonyl (C=O) groups is 2. The third kappa shape index (κ3) is 5.39. The van der Waals surface area contributed by atoms with Crippen molar-refractivity contribution in [2.24, 2.45) is 0 Å². The van der Waals surface area contributed by atoms with Crippen molar-refractivity contribution >= 4 is 51.6 Å². The molecular weight excluding hydrogens is 494 g/mol. The maximum Gasteiger partial charge on any atom is 0.341 e. The minimum atomic E-state index is -0.513. The highest BCUT2D eigenvalue weighted by Gasteiger charge is 2.25. The molecule has 0 spiro atoms. The van der Waals surface area contributed by atoms with Gasteiger partial charge >= 0.3 is 5.97 Å². The van der Waals surface area contributed by atoms with Gasteiger partial charge in [-0.3, -0.25) is 4.79 Å². The lowest BCUT2D eigenvalue weighted by atomic mass is 9.89. The molecule has 1 saturated carbocycles. The van der Waals surface area contributed by atoms with E-state index in [-0.39, 0.29) is 18.3 Å². The molecule has 180 valence electrons. The van der Waals surface area contributed by atoms with Gasteiger partial charge in [-0.05, 0) is 25.8 Å². The third-order valence-corrected chi connectivity index (χ3v) is 7.85. The normalized spacial score (nSPS) is 14.2. The molecule has 3 aromatic rings. The van der Waals surface area contributed by atoms with Gasteiger partial charge in [0.15, 0.2) is 5.82 Å². The monoisotopic (exact) mass is 519 g/mol. The molecule has 0 unspecified atom stereocenters. The van der Waals surface area contributed by atoms with Crippen LogP contribution < -0.4 is 11.2 Å². The van der Waals surface area contributed by atoms with Gasteiger partial charge in [0.2, 0.25) is 11.1 Å². The van der Waals surface area contributed by atoms with Gasteiger partial charge in [0.1, 0.15) is 10.6 Å². The highest BCUT2D eigenvalue weighted by Crippen LogP contribution is 2.39. The number of thiophene rings is 1. The summed E-state index contributed by atoms with van der Waals surface area (Å²) in [6.45, 7) is 1.95. The summed E-state index contributed by atoms with van der Waals surface area (Å²) >= 11 is 8.81. The molecule has 1 amide bonds. The molecule has 4 rings (SSSR count). The average molecular weight is 520 g/mol. The fourth-order valence-electron chi connectivity index (χ4n) is 4.05. The van der Waals surface area contributed by atoms with Crippen LogP contribution in [0.4, 0.5) is 5.00 Å². The molecule has 2 aromatic heterocycles. The molecule has 3 N–H and O–H groups in total. The van der Waals surface area contributed by atoms with E-state index in [1.807, 2.05) is 18.2 Å². The van der Waals surface area contributed by atoms with Crippen molar-refractivity contribution in [1.82, 2.24) is 14.9 Å². The van der Waals surface area contributed by atoms with E-state index in [9.17, 15) is 9.59 Å². The Morgan fingerprint density at radius 3 is 2.74 bits per heavy atom. The number of hydrogen-bond donors (Lipinski definition) is 2. The second-order valence-electron chi connectivity index (χ2n) is 7.94. The summed E-state index contributed by atoms with van der Waals surface area (Å²) in [7, 11) is 0. The number of benzene rings is 1. The number of anilines is 1. The summed E-state index contributed by atoms with van der Waals surface area (Å²) in [5.41, 5.74) is 1.61. The lowest BCUT2D eigenvalue weighted by Gasteiger charge is -2.20. The lowest BCUT2D eigenvalue weighted by molar-refractivity contribution is -0.113. The third-order valence-electron chi connectivity index (χ3n) is 5.68. The molecule has 0 saturated heterocycles. The number of esters is 1. The van der Waals surface area contributed by atoms with Gasteiger partial charge in [-0.25, -0.2) is 9.47 Å². The fourth-order valence-corrected chi connectivity index (χ4v) is 5.92.